The first kappa shape index (κ1) is 19.3. The maximum absolute atomic E-state index is 13.0. The number of carbonyl (C=O) groups is 3. The van der Waals surface area contributed by atoms with Crippen LogP contribution in [0.4, 0.5) is 0 Å². The fraction of sp³-hybridized carbons (Fsp3) is 0.346. The predicted molar refractivity (Wildman–Crippen MR) is 114 cm³/mol. The van der Waals surface area contributed by atoms with Crippen LogP contribution in [0.25, 0.3) is 0 Å². The van der Waals surface area contributed by atoms with E-state index < -0.39 is 5.97 Å². The van der Waals surface area contributed by atoms with Crippen molar-refractivity contribution in [2.75, 3.05) is 6.54 Å². The Balaban J connectivity index is 1.06. The van der Waals surface area contributed by atoms with E-state index in [9.17, 15) is 14.4 Å². The Morgan fingerprint density at radius 3 is 2.06 bits per heavy atom. The molecule has 2 aromatic rings. The molecule has 2 saturated carbocycles. The number of nitrogens with zero attached hydrogens (tertiary/aromatic N) is 1. The number of esters is 1. The van der Waals surface area contributed by atoms with Gasteiger partial charge in [-0.2, -0.15) is 0 Å². The summed E-state index contributed by atoms with van der Waals surface area (Å²) in [7, 11) is 0. The average Bonchev–Trinajstić information content (AvgIpc) is 3.60. The van der Waals surface area contributed by atoms with E-state index in [1.165, 1.54) is 0 Å². The van der Waals surface area contributed by atoms with Gasteiger partial charge in [0.2, 0.25) is 11.8 Å². The van der Waals surface area contributed by atoms with Crippen LogP contribution in [0.15, 0.2) is 66.7 Å². The number of likely N-dealkylation sites (tertiary alicyclic amines) is 1. The van der Waals surface area contributed by atoms with Crippen LogP contribution in [0.1, 0.15) is 12.0 Å². The van der Waals surface area contributed by atoms with Crippen molar-refractivity contribution >= 4 is 17.8 Å². The van der Waals surface area contributed by atoms with Crippen molar-refractivity contribution in [1.29, 1.82) is 0 Å². The van der Waals surface area contributed by atoms with E-state index in [0.717, 1.165) is 16.9 Å². The number of allylic oxidation sites excluding steroid dienone is 2. The van der Waals surface area contributed by atoms with Crippen molar-refractivity contribution < 1.29 is 23.9 Å². The predicted octanol–water partition coefficient (Wildman–Crippen LogP) is 3.22. The van der Waals surface area contributed by atoms with Crippen LogP contribution in [-0.4, -0.2) is 29.2 Å². The highest BCUT2D eigenvalue weighted by molar-refractivity contribution is 6.08. The highest BCUT2D eigenvalue weighted by atomic mass is 16.5. The summed E-state index contributed by atoms with van der Waals surface area (Å²) in [6, 6.07) is 16.6. The Morgan fingerprint density at radius 1 is 0.844 bits per heavy atom. The quantitative estimate of drug-likeness (QED) is 0.305. The van der Waals surface area contributed by atoms with Crippen LogP contribution in [0.3, 0.4) is 0 Å². The molecule has 3 fully saturated rings. The van der Waals surface area contributed by atoms with Crippen LogP contribution >= 0.6 is 0 Å². The van der Waals surface area contributed by atoms with Crippen LogP contribution in [0.2, 0.25) is 0 Å². The van der Waals surface area contributed by atoms with Crippen molar-refractivity contribution in [3.63, 3.8) is 0 Å². The zero-order valence-electron chi connectivity index (χ0n) is 17.4. The van der Waals surface area contributed by atoms with Crippen LogP contribution in [0.5, 0.6) is 11.5 Å². The van der Waals surface area contributed by atoms with Gasteiger partial charge >= 0.3 is 5.97 Å². The van der Waals surface area contributed by atoms with E-state index >= 15 is 0 Å². The summed E-state index contributed by atoms with van der Waals surface area (Å²) in [6.07, 6.45) is 5.35. The van der Waals surface area contributed by atoms with Gasteiger partial charge in [-0.05, 0) is 59.9 Å². The first-order valence-electron chi connectivity index (χ1n) is 11.1. The fourth-order valence-electron chi connectivity index (χ4n) is 5.81. The number of ether oxygens (including phenoxy) is 2. The largest absolute Gasteiger partial charge is 0.489 e. The Labute approximate surface area is 185 Å². The molecule has 0 N–H and O–H groups in total. The van der Waals surface area contributed by atoms with Crippen molar-refractivity contribution in [2.45, 2.75) is 13.0 Å². The number of hydrogen-bond acceptors (Lipinski definition) is 5. The summed E-state index contributed by atoms with van der Waals surface area (Å²) in [5.41, 5.74) is 1.06. The lowest BCUT2D eigenvalue weighted by Gasteiger charge is -2.37. The molecule has 2 bridgehead atoms. The minimum atomic E-state index is -0.617. The number of carbonyl (C=O) groups excluding carboxylic acids is 3. The zero-order valence-corrected chi connectivity index (χ0v) is 17.4. The molecular weight excluding hydrogens is 406 g/mol. The van der Waals surface area contributed by atoms with E-state index in [4.69, 9.17) is 9.47 Å². The van der Waals surface area contributed by atoms with Gasteiger partial charge in [0.25, 0.3) is 0 Å². The third-order valence-electron chi connectivity index (χ3n) is 7.35. The van der Waals surface area contributed by atoms with Gasteiger partial charge in [0, 0.05) is 0 Å². The van der Waals surface area contributed by atoms with Crippen molar-refractivity contribution in [1.82, 2.24) is 4.90 Å². The number of amides is 2. The lowest BCUT2D eigenvalue weighted by molar-refractivity contribution is -0.148. The standard InChI is InChI=1S/C26H23NO5/c28-22(32-17-8-6-16(7-9-17)31-14-15-4-2-1-3-5-15)13-27-25(29)23-18-10-11-19(21-12-20(18)21)24(23)26(27)30/h1-11,18-21,23-24H,12-14H2/t18-,19-,20-,21-,23+,24+/m0/s1. The van der Waals surface area contributed by atoms with Crippen LogP contribution in [0, 0.1) is 35.5 Å². The second kappa shape index (κ2) is 7.33. The van der Waals surface area contributed by atoms with Gasteiger partial charge < -0.3 is 9.47 Å². The molecule has 6 heteroatoms. The lowest BCUT2D eigenvalue weighted by atomic mass is 9.63. The Bertz CT molecular complexity index is 1070. The normalized spacial score (nSPS) is 31.3. The number of imide groups is 1. The maximum Gasteiger partial charge on any atom is 0.331 e. The molecule has 162 valence electrons. The highest BCUT2D eigenvalue weighted by Gasteiger charge is 2.67. The molecule has 7 rings (SSSR count). The molecule has 6 atom stereocenters. The Hall–Kier alpha value is -3.41. The molecule has 2 amide bonds. The average molecular weight is 429 g/mol. The third-order valence-corrected chi connectivity index (χ3v) is 7.35. The molecular formula is C26H23NO5. The molecule has 1 aliphatic heterocycles. The van der Waals surface area contributed by atoms with E-state index in [2.05, 4.69) is 12.2 Å². The second-order valence-electron chi connectivity index (χ2n) is 9.14. The monoisotopic (exact) mass is 429 g/mol. The summed E-state index contributed by atoms with van der Waals surface area (Å²) >= 11 is 0. The van der Waals surface area contributed by atoms with Gasteiger partial charge in [0.15, 0.2) is 0 Å². The van der Waals surface area contributed by atoms with Crippen LogP contribution < -0.4 is 9.47 Å². The van der Waals surface area contributed by atoms with Gasteiger partial charge in [-0.1, -0.05) is 42.5 Å². The first-order chi connectivity index (χ1) is 15.6. The van der Waals surface area contributed by atoms with Gasteiger partial charge in [-0.15, -0.1) is 0 Å². The summed E-state index contributed by atoms with van der Waals surface area (Å²) in [5.74, 6) is 0.740. The van der Waals surface area contributed by atoms with Crippen LogP contribution in [-0.2, 0) is 21.0 Å². The third kappa shape index (κ3) is 3.13. The number of hydrogen-bond donors (Lipinski definition) is 0. The first-order valence-corrected chi connectivity index (χ1v) is 11.1. The maximum atomic E-state index is 13.0. The van der Waals surface area contributed by atoms with E-state index in [1.54, 1.807) is 24.3 Å². The second-order valence-corrected chi connectivity index (χ2v) is 9.14. The summed E-state index contributed by atoms with van der Waals surface area (Å²) in [4.78, 5) is 39.6. The smallest absolute Gasteiger partial charge is 0.331 e. The topological polar surface area (TPSA) is 72.9 Å². The van der Waals surface area contributed by atoms with Gasteiger partial charge in [-0.3, -0.25) is 14.5 Å². The van der Waals surface area contributed by atoms with E-state index in [0.29, 0.717) is 29.9 Å². The van der Waals surface area contributed by atoms with Crippen molar-refractivity contribution in [3.8, 4) is 11.5 Å². The summed E-state index contributed by atoms with van der Waals surface area (Å²) in [5, 5.41) is 0. The molecule has 0 spiro atoms. The fourth-order valence-corrected chi connectivity index (χ4v) is 5.81. The highest BCUT2D eigenvalue weighted by Crippen LogP contribution is 2.65. The van der Waals surface area contributed by atoms with Gasteiger partial charge in [0.1, 0.15) is 24.7 Å². The molecule has 0 aromatic heterocycles. The molecule has 1 saturated heterocycles. The molecule has 32 heavy (non-hydrogen) atoms. The van der Waals surface area contributed by atoms with E-state index in [1.807, 2.05) is 30.3 Å². The van der Waals surface area contributed by atoms with Crippen molar-refractivity contribution in [2.24, 2.45) is 35.5 Å². The molecule has 1 heterocycles. The summed E-state index contributed by atoms with van der Waals surface area (Å²) < 4.78 is 11.1. The SMILES string of the molecule is O=C(CN1C(=O)[C@@H]2[C@H]3C=C[C@@H]([C@@H]4C[C@@H]34)[C@H]2C1=O)Oc1ccc(OCc2ccccc2)cc1. The molecule has 6 nitrogen and oxygen atoms in total. The minimum absolute atomic E-state index is 0.149. The van der Waals surface area contributed by atoms with E-state index in [-0.39, 0.29) is 42.0 Å². The zero-order chi connectivity index (χ0) is 21.8. The molecule has 0 radical (unpaired) electrons. The van der Waals surface area contributed by atoms with Gasteiger partial charge in [-0.25, -0.2) is 4.79 Å². The molecule has 5 aliphatic rings. The Morgan fingerprint density at radius 2 is 1.44 bits per heavy atom. The number of benzene rings is 2. The van der Waals surface area contributed by atoms with Crippen molar-refractivity contribution in [3.05, 3.63) is 72.3 Å². The number of rotatable bonds is 6. The lowest BCUT2D eigenvalue weighted by Crippen LogP contribution is -2.40. The minimum Gasteiger partial charge on any atom is -0.489 e. The molecule has 0 unspecified atom stereocenters. The summed E-state index contributed by atoms with van der Waals surface area (Å²) in [6.45, 7) is 0.103. The molecule has 4 aliphatic carbocycles. The molecule has 2 aromatic carbocycles. The Kier molecular flexibility index (Phi) is 4.42. The van der Waals surface area contributed by atoms with Gasteiger partial charge in [0.05, 0.1) is 11.8 Å².